The lowest BCUT2D eigenvalue weighted by molar-refractivity contribution is 0.0985. The van der Waals surface area contributed by atoms with E-state index in [0.29, 0.717) is 23.9 Å². The highest BCUT2D eigenvalue weighted by molar-refractivity contribution is 7.93. The second-order valence-corrected chi connectivity index (χ2v) is 10.1. The van der Waals surface area contributed by atoms with E-state index in [-0.39, 0.29) is 11.3 Å². The zero-order valence-electron chi connectivity index (χ0n) is 13.8. The number of hydrogen-bond donors (Lipinski definition) is 0. The third-order valence-corrected chi connectivity index (χ3v) is 8.01. The zero-order chi connectivity index (χ0) is 16.8. The largest absolute Gasteiger partial charge is 0.377 e. The molecule has 1 aromatic rings. The van der Waals surface area contributed by atoms with E-state index in [1.165, 1.54) is 0 Å². The predicted octanol–water partition coefficient (Wildman–Crippen LogP) is 2.77. The van der Waals surface area contributed by atoms with E-state index >= 15 is 0 Å². The van der Waals surface area contributed by atoms with Gasteiger partial charge in [0, 0.05) is 6.54 Å². The molecule has 3 rings (SSSR count). The zero-order valence-corrected chi connectivity index (χ0v) is 15.3. The van der Waals surface area contributed by atoms with Crippen LogP contribution in [-0.2, 0) is 19.3 Å². The minimum atomic E-state index is -3.23. The molecule has 1 saturated carbocycles. The molecule has 7 heteroatoms. The number of nitrogens with zero attached hydrogens (tertiary/aromatic N) is 2. The van der Waals surface area contributed by atoms with Gasteiger partial charge in [0.1, 0.15) is 11.0 Å². The van der Waals surface area contributed by atoms with Crippen LogP contribution in [0.1, 0.15) is 39.2 Å². The molecule has 2 heterocycles. The van der Waals surface area contributed by atoms with Crippen LogP contribution in [0.2, 0.25) is 5.15 Å². The number of halogens is 1. The van der Waals surface area contributed by atoms with Crippen LogP contribution in [0.3, 0.4) is 0 Å². The van der Waals surface area contributed by atoms with Crippen molar-refractivity contribution < 1.29 is 13.2 Å². The Hall–Kier alpha value is -0.850. The first-order chi connectivity index (χ1) is 10.7. The topological polar surface area (TPSA) is 59.5 Å². The Bertz CT molecular complexity index is 701. The Morgan fingerprint density at radius 2 is 2.04 bits per heavy atom. The number of rotatable bonds is 4. The van der Waals surface area contributed by atoms with Crippen LogP contribution in [0.25, 0.3) is 0 Å². The van der Waals surface area contributed by atoms with Crippen molar-refractivity contribution >= 4 is 27.3 Å². The van der Waals surface area contributed by atoms with Crippen molar-refractivity contribution in [3.05, 3.63) is 22.8 Å². The second kappa shape index (κ2) is 5.90. The molecule has 1 aliphatic heterocycles. The van der Waals surface area contributed by atoms with Crippen LogP contribution in [-0.4, -0.2) is 44.5 Å². The van der Waals surface area contributed by atoms with E-state index in [2.05, 4.69) is 16.8 Å². The van der Waals surface area contributed by atoms with Crippen LogP contribution in [0.15, 0.2) is 12.1 Å². The van der Waals surface area contributed by atoms with E-state index in [1.54, 1.807) is 19.9 Å². The van der Waals surface area contributed by atoms with Gasteiger partial charge in [0.05, 0.1) is 29.3 Å². The lowest BCUT2D eigenvalue weighted by atomic mass is 10.0. The summed E-state index contributed by atoms with van der Waals surface area (Å²) in [5.74, 6) is 0.724. The van der Waals surface area contributed by atoms with Crippen LogP contribution in [0, 0.1) is 0 Å². The summed E-state index contributed by atoms with van der Waals surface area (Å²) in [4.78, 5) is 6.53. The van der Waals surface area contributed by atoms with E-state index < -0.39 is 14.6 Å². The average molecular weight is 359 g/mol. The first kappa shape index (κ1) is 17.0. The molecule has 1 aliphatic carbocycles. The second-order valence-electron chi connectivity index (χ2n) is 6.91. The summed E-state index contributed by atoms with van der Waals surface area (Å²) in [5, 5.41) is 0.116. The van der Waals surface area contributed by atoms with Crippen LogP contribution < -0.4 is 4.90 Å². The standard InChI is InChI=1S/C16H23ClN2O3S/c1-11-10-22-7-6-19(11)15-9-12(8-14(17)18-15)16(2,3)23(20,21)13-4-5-13/h8-9,11,13H,4-7,10H2,1-3H3/t11-/m0/s1. The van der Waals surface area contributed by atoms with Gasteiger partial charge in [-0.2, -0.15) is 0 Å². The van der Waals surface area contributed by atoms with Gasteiger partial charge < -0.3 is 9.64 Å². The Balaban J connectivity index is 2.00. The summed E-state index contributed by atoms with van der Waals surface area (Å²) in [7, 11) is -3.23. The van der Waals surface area contributed by atoms with Crippen molar-refractivity contribution in [1.29, 1.82) is 0 Å². The molecule has 5 nitrogen and oxygen atoms in total. The van der Waals surface area contributed by atoms with Gasteiger partial charge in [-0.05, 0) is 51.3 Å². The Morgan fingerprint density at radius 3 is 2.65 bits per heavy atom. The summed E-state index contributed by atoms with van der Waals surface area (Å²) in [6.45, 7) is 7.58. The minimum absolute atomic E-state index is 0.186. The molecule has 0 N–H and O–H groups in total. The van der Waals surface area contributed by atoms with Gasteiger partial charge in [0.25, 0.3) is 0 Å². The van der Waals surface area contributed by atoms with Crippen LogP contribution in [0.5, 0.6) is 0 Å². The molecule has 1 aromatic heterocycles. The molecule has 1 saturated heterocycles. The molecule has 2 fully saturated rings. The highest BCUT2D eigenvalue weighted by Gasteiger charge is 2.47. The lowest BCUT2D eigenvalue weighted by Gasteiger charge is -2.35. The summed E-state index contributed by atoms with van der Waals surface area (Å²) in [6.07, 6.45) is 1.52. The molecule has 0 spiro atoms. The van der Waals surface area contributed by atoms with Crippen molar-refractivity contribution in [2.24, 2.45) is 0 Å². The Labute approximate surface area is 142 Å². The van der Waals surface area contributed by atoms with Crippen LogP contribution >= 0.6 is 11.6 Å². The smallest absolute Gasteiger partial charge is 0.162 e. The predicted molar refractivity (Wildman–Crippen MR) is 91.8 cm³/mol. The number of aromatic nitrogens is 1. The maximum Gasteiger partial charge on any atom is 0.162 e. The Morgan fingerprint density at radius 1 is 1.35 bits per heavy atom. The molecule has 128 valence electrons. The lowest BCUT2D eigenvalue weighted by Crippen LogP contribution is -2.44. The number of hydrogen-bond acceptors (Lipinski definition) is 5. The van der Waals surface area contributed by atoms with Crippen molar-refractivity contribution in [1.82, 2.24) is 4.98 Å². The van der Waals surface area contributed by atoms with Crippen molar-refractivity contribution in [2.45, 2.75) is 49.7 Å². The highest BCUT2D eigenvalue weighted by Crippen LogP contribution is 2.42. The fraction of sp³-hybridized carbons (Fsp3) is 0.688. The van der Waals surface area contributed by atoms with Crippen LogP contribution in [0.4, 0.5) is 5.82 Å². The highest BCUT2D eigenvalue weighted by atomic mass is 35.5. The van der Waals surface area contributed by atoms with Gasteiger partial charge in [-0.15, -0.1) is 0 Å². The third kappa shape index (κ3) is 3.08. The van der Waals surface area contributed by atoms with E-state index in [4.69, 9.17) is 16.3 Å². The van der Waals surface area contributed by atoms with Crippen molar-refractivity contribution in [3.63, 3.8) is 0 Å². The van der Waals surface area contributed by atoms with Gasteiger partial charge in [-0.3, -0.25) is 0 Å². The van der Waals surface area contributed by atoms with Crippen molar-refractivity contribution in [2.75, 3.05) is 24.7 Å². The molecule has 0 aromatic carbocycles. The van der Waals surface area contributed by atoms with Gasteiger partial charge in [0.15, 0.2) is 9.84 Å². The van der Waals surface area contributed by atoms with E-state index in [0.717, 1.165) is 25.2 Å². The number of morpholine rings is 1. The summed E-state index contributed by atoms with van der Waals surface area (Å²) in [5.41, 5.74) is 0.707. The average Bonchev–Trinajstić information content (AvgIpc) is 3.31. The molecule has 1 atom stereocenters. The molecule has 0 amide bonds. The molecule has 2 aliphatic rings. The SMILES string of the molecule is C[C@H]1COCCN1c1cc(C(C)(C)S(=O)(=O)C2CC2)cc(Cl)n1. The minimum Gasteiger partial charge on any atom is -0.377 e. The van der Waals surface area contributed by atoms with E-state index in [9.17, 15) is 8.42 Å². The molecule has 23 heavy (non-hydrogen) atoms. The van der Waals surface area contributed by atoms with Gasteiger partial charge >= 0.3 is 0 Å². The fourth-order valence-corrected chi connectivity index (χ4v) is 5.25. The number of pyridine rings is 1. The molecular formula is C16H23ClN2O3S. The summed E-state index contributed by atoms with van der Waals surface area (Å²) in [6, 6.07) is 3.73. The molecule has 0 bridgehead atoms. The number of anilines is 1. The van der Waals surface area contributed by atoms with E-state index in [1.807, 2.05) is 6.07 Å². The number of sulfone groups is 1. The first-order valence-electron chi connectivity index (χ1n) is 7.99. The van der Waals surface area contributed by atoms with Gasteiger partial charge in [0.2, 0.25) is 0 Å². The number of ether oxygens (including phenoxy) is 1. The molecular weight excluding hydrogens is 336 g/mol. The summed E-state index contributed by atoms with van der Waals surface area (Å²) < 4.78 is 30.1. The monoisotopic (exact) mass is 358 g/mol. The quantitative estimate of drug-likeness (QED) is 0.774. The first-order valence-corrected chi connectivity index (χ1v) is 9.92. The maximum absolute atomic E-state index is 12.8. The van der Waals surface area contributed by atoms with Crippen molar-refractivity contribution in [3.8, 4) is 0 Å². The Kier molecular flexibility index (Phi) is 4.36. The maximum atomic E-state index is 12.8. The van der Waals surface area contributed by atoms with Gasteiger partial charge in [-0.25, -0.2) is 13.4 Å². The molecule has 0 unspecified atom stereocenters. The third-order valence-electron chi connectivity index (χ3n) is 4.81. The normalized spacial score (nSPS) is 23.1. The molecule has 0 radical (unpaired) electrons. The summed E-state index contributed by atoms with van der Waals surface area (Å²) >= 11 is 6.20. The fourth-order valence-electron chi connectivity index (χ4n) is 3.00. The van der Waals surface area contributed by atoms with Gasteiger partial charge in [-0.1, -0.05) is 11.6 Å².